The van der Waals surface area contributed by atoms with Crippen molar-refractivity contribution >= 4 is 23.4 Å². The van der Waals surface area contributed by atoms with Crippen molar-refractivity contribution in [3.63, 3.8) is 0 Å². The molecule has 0 bridgehead atoms. The Labute approximate surface area is 126 Å². The van der Waals surface area contributed by atoms with Crippen molar-refractivity contribution in [2.75, 3.05) is 18.5 Å². The Morgan fingerprint density at radius 1 is 1.27 bits per heavy atom. The number of aliphatic hydroxyl groups excluding tert-OH is 1. The zero-order chi connectivity index (χ0) is 15.7. The van der Waals surface area contributed by atoms with Crippen molar-refractivity contribution in [2.24, 2.45) is 0 Å². The fourth-order valence-corrected chi connectivity index (χ4v) is 2.60. The van der Waals surface area contributed by atoms with Gasteiger partial charge in [0.1, 0.15) is 5.70 Å². The van der Waals surface area contributed by atoms with E-state index in [0.717, 1.165) is 16.0 Å². The first-order chi connectivity index (χ1) is 10.6. The maximum atomic E-state index is 12.1. The van der Waals surface area contributed by atoms with Crippen LogP contribution in [0.15, 0.2) is 30.0 Å². The topological polar surface area (TPSA) is 98.7 Å². The lowest BCUT2D eigenvalue weighted by Crippen LogP contribution is -2.34. The second kappa shape index (κ2) is 5.61. The summed E-state index contributed by atoms with van der Waals surface area (Å²) in [5.41, 5.74) is 2.60. The molecule has 1 aromatic carbocycles. The van der Waals surface area contributed by atoms with Gasteiger partial charge in [-0.1, -0.05) is 12.1 Å². The number of aliphatic hydroxyl groups is 1. The Hall–Kier alpha value is -2.67. The third kappa shape index (κ3) is 2.46. The SMILES string of the molecule is O=C1Cc2c(cccc2NC2=CC(=O)N(CCO)C2=O)CN1. The van der Waals surface area contributed by atoms with E-state index in [-0.39, 0.29) is 31.2 Å². The van der Waals surface area contributed by atoms with Gasteiger partial charge in [-0.2, -0.15) is 0 Å². The number of benzene rings is 1. The number of nitrogens with one attached hydrogen (secondary N) is 2. The van der Waals surface area contributed by atoms with E-state index in [1.165, 1.54) is 6.08 Å². The first-order valence-corrected chi connectivity index (χ1v) is 6.93. The smallest absolute Gasteiger partial charge is 0.277 e. The molecule has 0 saturated heterocycles. The first kappa shape index (κ1) is 14.3. The molecular weight excluding hydrogens is 286 g/mol. The highest BCUT2D eigenvalue weighted by molar-refractivity contribution is 6.17. The quantitative estimate of drug-likeness (QED) is 0.652. The average Bonchev–Trinajstić information content (AvgIpc) is 2.76. The van der Waals surface area contributed by atoms with Crippen LogP contribution in [0, 0.1) is 0 Å². The van der Waals surface area contributed by atoms with Crippen LogP contribution < -0.4 is 10.6 Å². The summed E-state index contributed by atoms with van der Waals surface area (Å²) in [6.45, 7) is 0.139. The minimum atomic E-state index is -0.475. The van der Waals surface area contributed by atoms with Crippen LogP contribution >= 0.6 is 0 Å². The van der Waals surface area contributed by atoms with Crippen molar-refractivity contribution in [1.82, 2.24) is 10.2 Å². The van der Waals surface area contributed by atoms with Crippen LogP contribution in [0.3, 0.4) is 0 Å². The molecule has 7 heteroatoms. The fourth-order valence-electron chi connectivity index (χ4n) is 2.60. The molecule has 0 aliphatic carbocycles. The summed E-state index contributed by atoms with van der Waals surface area (Å²) in [4.78, 5) is 36.4. The Balaban J connectivity index is 1.86. The summed E-state index contributed by atoms with van der Waals surface area (Å²) < 4.78 is 0. The molecule has 0 unspecified atom stereocenters. The van der Waals surface area contributed by atoms with Crippen molar-refractivity contribution in [1.29, 1.82) is 0 Å². The maximum absolute atomic E-state index is 12.1. The van der Waals surface area contributed by atoms with Crippen molar-refractivity contribution in [3.8, 4) is 0 Å². The number of hydrogen-bond acceptors (Lipinski definition) is 5. The number of fused-ring (bicyclic) bond motifs is 1. The van der Waals surface area contributed by atoms with E-state index in [4.69, 9.17) is 5.11 Å². The van der Waals surface area contributed by atoms with Crippen LogP contribution in [-0.2, 0) is 27.3 Å². The molecule has 0 fully saturated rings. The molecule has 2 aliphatic heterocycles. The third-order valence-electron chi connectivity index (χ3n) is 3.69. The third-order valence-corrected chi connectivity index (χ3v) is 3.69. The fraction of sp³-hybridized carbons (Fsp3) is 0.267. The van der Waals surface area contributed by atoms with Crippen LogP contribution in [-0.4, -0.2) is 40.9 Å². The summed E-state index contributed by atoms with van der Waals surface area (Å²) in [6.07, 6.45) is 1.44. The lowest BCUT2D eigenvalue weighted by Gasteiger charge is -2.21. The predicted octanol–water partition coefficient (Wildman–Crippen LogP) is -0.484. The molecule has 22 heavy (non-hydrogen) atoms. The van der Waals surface area contributed by atoms with Crippen LogP contribution in [0.2, 0.25) is 0 Å². The summed E-state index contributed by atoms with van der Waals surface area (Å²) in [6, 6.07) is 5.50. The molecule has 0 radical (unpaired) electrons. The molecule has 0 aromatic heterocycles. The normalized spacial score (nSPS) is 17.2. The summed E-state index contributed by atoms with van der Waals surface area (Å²) in [5.74, 6) is -1.01. The van der Waals surface area contributed by atoms with Crippen molar-refractivity contribution < 1.29 is 19.5 Å². The number of imide groups is 1. The summed E-state index contributed by atoms with van der Waals surface area (Å²) >= 11 is 0. The Bertz CT molecular complexity index is 696. The van der Waals surface area contributed by atoms with E-state index in [1.54, 1.807) is 6.07 Å². The van der Waals surface area contributed by atoms with Crippen molar-refractivity contribution in [2.45, 2.75) is 13.0 Å². The zero-order valence-electron chi connectivity index (χ0n) is 11.8. The number of carbonyl (C=O) groups is 3. The molecule has 2 aliphatic rings. The Morgan fingerprint density at radius 2 is 2.09 bits per heavy atom. The molecule has 7 nitrogen and oxygen atoms in total. The molecule has 2 heterocycles. The van der Waals surface area contributed by atoms with E-state index >= 15 is 0 Å². The first-order valence-electron chi connectivity index (χ1n) is 6.93. The van der Waals surface area contributed by atoms with Gasteiger partial charge in [0, 0.05) is 18.3 Å². The van der Waals surface area contributed by atoms with Crippen LogP contribution in [0.25, 0.3) is 0 Å². The van der Waals surface area contributed by atoms with Gasteiger partial charge in [-0.05, 0) is 17.2 Å². The number of carbonyl (C=O) groups excluding carboxylic acids is 3. The van der Waals surface area contributed by atoms with E-state index in [9.17, 15) is 14.4 Å². The van der Waals surface area contributed by atoms with Crippen LogP contribution in [0.5, 0.6) is 0 Å². The van der Waals surface area contributed by atoms with Crippen LogP contribution in [0.4, 0.5) is 5.69 Å². The van der Waals surface area contributed by atoms with Gasteiger partial charge in [0.2, 0.25) is 5.91 Å². The van der Waals surface area contributed by atoms with Gasteiger partial charge < -0.3 is 15.7 Å². The maximum Gasteiger partial charge on any atom is 0.277 e. The van der Waals surface area contributed by atoms with E-state index in [2.05, 4.69) is 10.6 Å². The molecule has 114 valence electrons. The predicted molar refractivity (Wildman–Crippen MR) is 77.5 cm³/mol. The number of amides is 3. The van der Waals surface area contributed by atoms with E-state index in [1.807, 2.05) is 12.1 Å². The van der Waals surface area contributed by atoms with Gasteiger partial charge in [-0.25, -0.2) is 0 Å². The second-order valence-electron chi connectivity index (χ2n) is 5.10. The Kier molecular flexibility index (Phi) is 3.64. The highest BCUT2D eigenvalue weighted by atomic mass is 16.3. The van der Waals surface area contributed by atoms with Gasteiger partial charge in [-0.15, -0.1) is 0 Å². The minimum absolute atomic E-state index is 0.0331. The van der Waals surface area contributed by atoms with Gasteiger partial charge in [0.25, 0.3) is 11.8 Å². The van der Waals surface area contributed by atoms with E-state index in [0.29, 0.717) is 12.2 Å². The number of rotatable bonds is 4. The van der Waals surface area contributed by atoms with Crippen molar-refractivity contribution in [3.05, 3.63) is 41.1 Å². The number of hydrogen-bond donors (Lipinski definition) is 3. The molecule has 1 aromatic rings. The van der Waals surface area contributed by atoms with E-state index < -0.39 is 11.8 Å². The molecular formula is C15H15N3O4. The molecule has 3 N–H and O–H groups in total. The summed E-state index contributed by atoms with van der Waals surface area (Å²) in [5, 5.41) is 14.6. The number of anilines is 1. The largest absolute Gasteiger partial charge is 0.395 e. The zero-order valence-corrected chi connectivity index (χ0v) is 11.8. The highest BCUT2D eigenvalue weighted by Gasteiger charge is 2.31. The highest BCUT2D eigenvalue weighted by Crippen LogP contribution is 2.26. The molecule has 0 spiro atoms. The lowest BCUT2D eigenvalue weighted by molar-refractivity contribution is -0.137. The standard InChI is InChI=1S/C15H15N3O4/c19-5-4-18-14(21)7-12(15(18)22)17-11-3-1-2-9-8-16-13(20)6-10(9)11/h1-3,7,17,19H,4-6,8H2,(H,16,20). The van der Waals surface area contributed by atoms with Gasteiger partial charge in [-0.3, -0.25) is 19.3 Å². The molecule has 3 rings (SSSR count). The average molecular weight is 301 g/mol. The lowest BCUT2D eigenvalue weighted by atomic mass is 9.98. The van der Waals surface area contributed by atoms with Gasteiger partial charge >= 0.3 is 0 Å². The van der Waals surface area contributed by atoms with Crippen LogP contribution in [0.1, 0.15) is 11.1 Å². The Morgan fingerprint density at radius 3 is 2.86 bits per heavy atom. The molecule has 0 atom stereocenters. The summed E-state index contributed by atoms with van der Waals surface area (Å²) in [7, 11) is 0. The number of β-amino-alcohol motifs (C(OH)–C–C–N with tert-alkyl or cyclic N) is 1. The monoisotopic (exact) mass is 301 g/mol. The van der Waals surface area contributed by atoms with Gasteiger partial charge in [0.05, 0.1) is 19.6 Å². The van der Waals surface area contributed by atoms with Gasteiger partial charge in [0.15, 0.2) is 0 Å². The molecule has 0 saturated carbocycles. The second-order valence-corrected chi connectivity index (χ2v) is 5.10. The minimum Gasteiger partial charge on any atom is -0.395 e. The number of nitrogens with zero attached hydrogens (tertiary/aromatic N) is 1. The molecule has 3 amide bonds.